The van der Waals surface area contributed by atoms with Crippen LogP contribution in [0.5, 0.6) is 0 Å². The Kier molecular flexibility index (Phi) is 4.42. The second kappa shape index (κ2) is 6.07. The van der Waals surface area contributed by atoms with Gasteiger partial charge in [-0.05, 0) is 37.8 Å². The summed E-state index contributed by atoms with van der Waals surface area (Å²) in [6.45, 7) is 4.02. The van der Waals surface area contributed by atoms with Crippen molar-refractivity contribution in [1.82, 2.24) is 5.32 Å². The van der Waals surface area contributed by atoms with Gasteiger partial charge in [-0.3, -0.25) is 9.59 Å². The largest absolute Gasteiger partial charge is 0.369 e. The molecule has 4 heteroatoms. The lowest BCUT2D eigenvalue weighted by Gasteiger charge is -2.18. The van der Waals surface area contributed by atoms with Gasteiger partial charge in [-0.2, -0.15) is 0 Å². The lowest BCUT2D eigenvalue weighted by molar-refractivity contribution is -0.124. The molecule has 1 fully saturated rings. The molecular weight excluding hydrogens is 252 g/mol. The number of aryl methyl sites for hydroxylation is 2. The Bertz CT molecular complexity index is 525. The van der Waals surface area contributed by atoms with Gasteiger partial charge >= 0.3 is 0 Å². The van der Waals surface area contributed by atoms with Crippen molar-refractivity contribution in [1.29, 1.82) is 0 Å². The first-order valence-electron chi connectivity index (χ1n) is 7.12. The smallest absolute Gasteiger partial charge is 0.224 e. The second-order valence-electron chi connectivity index (χ2n) is 5.72. The first-order valence-corrected chi connectivity index (χ1v) is 7.12. The second-order valence-corrected chi connectivity index (χ2v) is 5.72. The number of rotatable bonds is 4. The molecule has 2 atom stereocenters. The number of carbonyl (C=O) groups is 2. The molecule has 0 spiro atoms. The molecule has 0 saturated heterocycles. The van der Waals surface area contributed by atoms with Crippen molar-refractivity contribution >= 4 is 11.8 Å². The Morgan fingerprint density at radius 2 is 2.05 bits per heavy atom. The zero-order chi connectivity index (χ0) is 14.7. The number of hydrogen-bond donors (Lipinski definition) is 2. The van der Waals surface area contributed by atoms with Gasteiger partial charge < -0.3 is 11.1 Å². The Morgan fingerprint density at radius 1 is 1.30 bits per heavy atom. The number of amides is 2. The molecule has 2 rings (SSSR count). The van der Waals surface area contributed by atoms with Crippen LogP contribution >= 0.6 is 0 Å². The molecule has 0 aromatic heterocycles. The number of nitrogens with two attached hydrogens (primary N) is 1. The van der Waals surface area contributed by atoms with E-state index in [1.54, 1.807) is 0 Å². The van der Waals surface area contributed by atoms with Gasteiger partial charge in [0.15, 0.2) is 0 Å². The van der Waals surface area contributed by atoms with Gasteiger partial charge in [0.25, 0.3) is 0 Å². The summed E-state index contributed by atoms with van der Waals surface area (Å²) in [6.07, 6.45) is 2.92. The fourth-order valence-corrected chi connectivity index (χ4v) is 2.89. The predicted octanol–water partition coefficient (Wildman–Crippen LogP) is 1.62. The van der Waals surface area contributed by atoms with Crippen molar-refractivity contribution in [2.24, 2.45) is 11.7 Å². The van der Waals surface area contributed by atoms with Gasteiger partial charge in [0.2, 0.25) is 11.8 Å². The van der Waals surface area contributed by atoms with Crippen LogP contribution in [0.4, 0.5) is 0 Å². The molecule has 1 aliphatic rings. The topological polar surface area (TPSA) is 72.2 Å². The molecule has 1 aromatic carbocycles. The Hall–Kier alpha value is -1.84. The van der Waals surface area contributed by atoms with Gasteiger partial charge in [-0.1, -0.05) is 30.2 Å². The van der Waals surface area contributed by atoms with E-state index in [9.17, 15) is 9.59 Å². The highest BCUT2D eigenvalue weighted by Crippen LogP contribution is 2.25. The van der Waals surface area contributed by atoms with Crippen LogP contribution in [0.1, 0.15) is 36.0 Å². The number of hydrogen-bond acceptors (Lipinski definition) is 2. The summed E-state index contributed by atoms with van der Waals surface area (Å²) < 4.78 is 0. The number of primary amides is 1. The van der Waals surface area contributed by atoms with Crippen molar-refractivity contribution in [2.75, 3.05) is 0 Å². The Labute approximate surface area is 119 Å². The average molecular weight is 274 g/mol. The van der Waals surface area contributed by atoms with E-state index >= 15 is 0 Å². The molecule has 0 aliphatic heterocycles. The molecule has 2 amide bonds. The predicted molar refractivity (Wildman–Crippen MR) is 78.1 cm³/mol. The maximum Gasteiger partial charge on any atom is 0.224 e. The summed E-state index contributed by atoms with van der Waals surface area (Å²) in [5.74, 6) is -0.547. The van der Waals surface area contributed by atoms with Crippen LogP contribution in [0.25, 0.3) is 0 Å². The van der Waals surface area contributed by atoms with Gasteiger partial charge in [-0.15, -0.1) is 0 Å². The minimum Gasteiger partial charge on any atom is -0.369 e. The van der Waals surface area contributed by atoms with Gasteiger partial charge in [0.1, 0.15) is 0 Å². The third kappa shape index (κ3) is 3.38. The van der Waals surface area contributed by atoms with E-state index in [-0.39, 0.29) is 23.8 Å². The molecule has 20 heavy (non-hydrogen) atoms. The number of carbonyl (C=O) groups excluding carboxylic acids is 2. The van der Waals surface area contributed by atoms with E-state index in [0.717, 1.165) is 36.0 Å². The molecule has 0 unspecified atom stereocenters. The standard InChI is InChI=1S/C16H22N2O2/c1-10-6-7-11(2)12(8-10)9-15(19)18-14-5-3-4-13(14)16(17)20/h6-8,13-14H,3-5,9H2,1-2H3,(H2,17,20)(H,18,19)/t13-,14+/m0/s1. The molecule has 0 heterocycles. The molecule has 4 nitrogen and oxygen atoms in total. The van der Waals surface area contributed by atoms with E-state index < -0.39 is 0 Å². The van der Waals surface area contributed by atoms with Crippen molar-refractivity contribution in [3.8, 4) is 0 Å². The summed E-state index contributed by atoms with van der Waals surface area (Å²) >= 11 is 0. The number of benzene rings is 1. The van der Waals surface area contributed by atoms with E-state index in [0.29, 0.717) is 6.42 Å². The minimum absolute atomic E-state index is 0.0307. The van der Waals surface area contributed by atoms with Crippen LogP contribution in [0.3, 0.4) is 0 Å². The zero-order valence-corrected chi connectivity index (χ0v) is 12.1. The first kappa shape index (κ1) is 14.6. The van der Waals surface area contributed by atoms with Crippen molar-refractivity contribution in [3.05, 3.63) is 34.9 Å². The Balaban J connectivity index is 1.99. The third-order valence-electron chi connectivity index (χ3n) is 4.08. The van der Waals surface area contributed by atoms with Crippen molar-refractivity contribution in [2.45, 2.75) is 45.6 Å². The molecule has 108 valence electrons. The molecule has 1 aromatic rings. The van der Waals surface area contributed by atoms with Gasteiger partial charge in [0, 0.05) is 6.04 Å². The van der Waals surface area contributed by atoms with Gasteiger partial charge in [0.05, 0.1) is 12.3 Å². The SMILES string of the molecule is Cc1ccc(C)c(CC(=O)N[C@@H]2CCC[C@@H]2C(N)=O)c1. The van der Waals surface area contributed by atoms with Crippen LogP contribution in [-0.2, 0) is 16.0 Å². The normalized spacial score (nSPS) is 21.7. The van der Waals surface area contributed by atoms with Crippen LogP contribution in [0.15, 0.2) is 18.2 Å². The van der Waals surface area contributed by atoms with Crippen LogP contribution in [0.2, 0.25) is 0 Å². The summed E-state index contributed by atoms with van der Waals surface area (Å²) in [5, 5.41) is 2.97. The quantitative estimate of drug-likeness (QED) is 0.875. The Morgan fingerprint density at radius 3 is 2.75 bits per heavy atom. The highest BCUT2D eigenvalue weighted by atomic mass is 16.2. The van der Waals surface area contributed by atoms with Gasteiger partial charge in [-0.25, -0.2) is 0 Å². The van der Waals surface area contributed by atoms with E-state index in [1.165, 1.54) is 0 Å². The van der Waals surface area contributed by atoms with E-state index in [4.69, 9.17) is 5.73 Å². The van der Waals surface area contributed by atoms with Crippen LogP contribution < -0.4 is 11.1 Å². The highest BCUT2D eigenvalue weighted by Gasteiger charge is 2.32. The lowest BCUT2D eigenvalue weighted by atomic mass is 10.0. The number of nitrogens with one attached hydrogen (secondary N) is 1. The zero-order valence-electron chi connectivity index (χ0n) is 12.1. The monoisotopic (exact) mass is 274 g/mol. The third-order valence-corrected chi connectivity index (χ3v) is 4.08. The average Bonchev–Trinajstić information content (AvgIpc) is 2.82. The first-order chi connectivity index (χ1) is 9.47. The van der Waals surface area contributed by atoms with Crippen molar-refractivity contribution in [3.63, 3.8) is 0 Å². The highest BCUT2D eigenvalue weighted by molar-refractivity contribution is 5.82. The fraction of sp³-hybridized carbons (Fsp3) is 0.500. The molecule has 0 bridgehead atoms. The van der Waals surface area contributed by atoms with Crippen LogP contribution in [0, 0.1) is 19.8 Å². The lowest BCUT2D eigenvalue weighted by Crippen LogP contribution is -2.42. The fourth-order valence-electron chi connectivity index (χ4n) is 2.89. The molecule has 1 saturated carbocycles. The maximum absolute atomic E-state index is 12.1. The van der Waals surface area contributed by atoms with E-state index in [2.05, 4.69) is 5.32 Å². The maximum atomic E-state index is 12.1. The van der Waals surface area contributed by atoms with Crippen LogP contribution in [-0.4, -0.2) is 17.9 Å². The van der Waals surface area contributed by atoms with Crippen molar-refractivity contribution < 1.29 is 9.59 Å². The summed E-state index contributed by atoms with van der Waals surface area (Å²) in [7, 11) is 0. The summed E-state index contributed by atoms with van der Waals surface area (Å²) in [6, 6.07) is 6.01. The molecule has 3 N–H and O–H groups in total. The summed E-state index contributed by atoms with van der Waals surface area (Å²) in [4.78, 5) is 23.5. The molecule has 0 radical (unpaired) electrons. The minimum atomic E-state index is -0.306. The van der Waals surface area contributed by atoms with E-state index in [1.807, 2.05) is 32.0 Å². The molecule has 1 aliphatic carbocycles. The molecular formula is C16H22N2O2. The summed E-state index contributed by atoms with van der Waals surface area (Å²) in [5.41, 5.74) is 8.67.